The predicted octanol–water partition coefficient (Wildman–Crippen LogP) is 2.19. The van der Waals surface area contributed by atoms with Crippen LogP contribution in [0, 0.1) is 12.3 Å². The lowest BCUT2D eigenvalue weighted by Gasteiger charge is -2.45. The van der Waals surface area contributed by atoms with Crippen molar-refractivity contribution in [3.8, 4) is 0 Å². The molecule has 8 nitrogen and oxygen atoms in total. The normalized spacial score (nSPS) is 19.6. The van der Waals surface area contributed by atoms with Crippen molar-refractivity contribution in [3.05, 3.63) is 29.6 Å². The van der Waals surface area contributed by atoms with Gasteiger partial charge < -0.3 is 10.0 Å². The second-order valence-corrected chi connectivity index (χ2v) is 9.83. The molecule has 2 aliphatic rings. The molecule has 0 atom stereocenters. The Morgan fingerprint density at radius 2 is 1.77 bits per heavy atom. The molecule has 0 radical (unpaired) electrons. The van der Waals surface area contributed by atoms with Crippen LogP contribution in [-0.2, 0) is 26.2 Å². The number of amides is 1. The van der Waals surface area contributed by atoms with Gasteiger partial charge in [-0.2, -0.15) is 13.2 Å². The van der Waals surface area contributed by atoms with E-state index in [4.69, 9.17) is 9.90 Å². The lowest BCUT2D eigenvalue weighted by atomic mass is 9.72. The Kier molecular flexibility index (Phi) is 7.69. The molecular weight excluding hydrogens is 439 g/mol. The van der Waals surface area contributed by atoms with E-state index in [-0.39, 0.29) is 11.3 Å². The van der Waals surface area contributed by atoms with Gasteiger partial charge in [-0.05, 0) is 44.7 Å². The van der Waals surface area contributed by atoms with Crippen LogP contribution in [0.5, 0.6) is 0 Å². The first kappa shape index (κ1) is 25.1. The highest BCUT2D eigenvalue weighted by atomic mass is 32.2. The van der Waals surface area contributed by atoms with Gasteiger partial charge in [-0.15, -0.1) is 0 Å². The molecule has 0 bridgehead atoms. The Morgan fingerprint density at radius 3 is 2.26 bits per heavy atom. The second kappa shape index (κ2) is 9.51. The van der Waals surface area contributed by atoms with Crippen LogP contribution in [0.15, 0.2) is 18.2 Å². The number of likely N-dealkylation sites (tertiary alicyclic amines) is 1. The molecule has 1 amide bonds. The number of carbonyl (C=O) groups is 2. The van der Waals surface area contributed by atoms with Crippen molar-refractivity contribution in [1.82, 2.24) is 14.2 Å². The number of sulfonamides is 1. The maximum Gasteiger partial charge on any atom is 0.490 e. The Hall–Kier alpha value is -2.21. The molecular formula is C19H26F3N3O5S. The van der Waals surface area contributed by atoms with Crippen LogP contribution in [0.2, 0.25) is 0 Å². The van der Waals surface area contributed by atoms with E-state index in [1.54, 1.807) is 0 Å². The Bertz CT molecular complexity index is 913. The average Bonchev–Trinajstić information content (AvgIpc) is 2.65. The summed E-state index contributed by atoms with van der Waals surface area (Å²) in [6.07, 6.45) is -0.770. The Morgan fingerprint density at radius 1 is 1.19 bits per heavy atom. The summed E-state index contributed by atoms with van der Waals surface area (Å²) in [5.41, 5.74) is 1.48. The number of carbonyl (C=O) groups excluding carboxylic acids is 1. The molecule has 1 aromatic heterocycles. The van der Waals surface area contributed by atoms with E-state index >= 15 is 0 Å². The van der Waals surface area contributed by atoms with Crippen molar-refractivity contribution < 1.29 is 36.3 Å². The number of halogens is 3. The van der Waals surface area contributed by atoms with E-state index in [9.17, 15) is 26.4 Å². The number of aromatic nitrogens is 1. The summed E-state index contributed by atoms with van der Waals surface area (Å²) in [6.45, 7) is 4.14. The Labute approximate surface area is 179 Å². The molecule has 174 valence electrons. The molecule has 1 N–H and O–H groups in total. The molecule has 1 spiro atoms. The summed E-state index contributed by atoms with van der Waals surface area (Å²) < 4.78 is 56.6. The summed E-state index contributed by atoms with van der Waals surface area (Å²) in [5, 5.41) is 7.12. The van der Waals surface area contributed by atoms with Crippen LogP contribution in [0.3, 0.4) is 0 Å². The van der Waals surface area contributed by atoms with Crippen LogP contribution in [0.25, 0.3) is 0 Å². The zero-order valence-corrected chi connectivity index (χ0v) is 18.2. The number of aliphatic carboxylic acids is 1. The van der Waals surface area contributed by atoms with E-state index < -0.39 is 22.2 Å². The number of aryl methyl sites for hydroxylation is 1. The molecule has 2 saturated heterocycles. The van der Waals surface area contributed by atoms with E-state index in [1.165, 1.54) is 10.6 Å². The van der Waals surface area contributed by atoms with Crippen LogP contribution in [0.4, 0.5) is 13.2 Å². The summed E-state index contributed by atoms with van der Waals surface area (Å²) in [7, 11) is -3.17. The third-order valence-electron chi connectivity index (χ3n) is 5.51. The minimum Gasteiger partial charge on any atom is -0.475 e. The van der Waals surface area contributed by atoms with Gasteiger partial charge in [0.25, 0.3) is 0 Å². The van der Waals surface area contributed by atoms with Crippen molar-refractivity contribution in [1.29, 1.82) is 0 Å². The highest BCUT2D eigenvalue weighted by Crippen LogP contribution is 2.41. The predicted molar refractivity (Wildman–Crippen MR) is 105 cm³/mol. The van der Waals surface area contributed by atoms with Crippen LogP contribution >= 0.6 is 0 Å². The third-order valence-corrected chi connectivity index (χ3v) is 6.82. The van der Waals surface area contributed by atoms with Gasteiger partial charge in [0.1, 0.15) is 0 Å². The van der Waals surface area contributed by atoms with Gasteiger partial charge >= 0.3 is 12.1 Å². The molecule has 0 saturated carbocycles. The smallest absolute Gasteiger partial charge is 0.475 e. The van der Waals surface area contributed by atoms with E-state index in [0.29, 0.717) is 32.5 Å². The minimum absolute atomic E-state index is 0.171. The number of alkyl halides is 3. The SMILES string of the molecule is Cc1cccc(CN2CCCC3(CCN(S(C)(=O)=O)CC3)C2=O)n1.O=C(O)C(F)(F)F. The highest BCUT2D eigenvalue weighted by molar-refractivity contribution is 7.88. The molecule has 0 aliphatic carbocycles. The summed E-state index contributed by atoms with van der Waals surface area (Å²) >= 11 is 0. The number of carboxylic acids is 1. The number of hydrogen-bond donors (Lipinski definition) is 1. The monoisotopic (exact) mass is 465 g/mol. The number of hydrogen-bond acceptors (Lipinski definition) is 5. The zero-order chi connectivity index (χ0) is 23.4. The maximum absolute atomic E-state index is 13.1. The topological polar surface area (TPSA) is 108 Å². The third kappa shape index (κ3) is 6.63. The highest BCUT2D eigenvalue weighted by Gasteiger charge is 2.46. The molecule has 3 rings (SSSR count). The first-order chi connectivity index (χ1) is 14.2. The average molecular weight is 465 g/mol. The zero-order valence-electron chi connectivity index (χ0n) is 17.4. The second-order valence-electron chi connectivity index (χ2n) is 7.85. The van der Waals surface area contributed by atoms with Gasteiger partial charge in [0.05, 0.1) is 23.9 Å². The first-order valence-corrected chi connectivity index (χ1v) is 11.6. The van der Waals surface area contributed by atoms with Gasteiger partial charge in [-0.3, -0.25) is 9.78 Å². The van der Waals surface area contributed by atoms with E-state index in [0.717, 1.165) is 30.8 Å². The van der Waals surface area contributed by atoms with Crippen molar-refractivity contribution >= 4 is 21.9 Å². The summed E-state index contributed by atoms with van der Waals surface area (Å²) in [5.74, 6) is -2.59. The quantitative estimate of drug-likeness (QED) is 0.733. The fourth-order valence-electron chi connectivity index (χ4n) is 3.90. The van der Waals surface area contributed by atoms with E-state index in [2.05, 4.69) is 4.98 Å². The number of piperidine rings is 2. The van der Waals surface area contributed by atoms with Gasteiger partial charge in [-0.1, -0.05) is 6.07 Å². The number of carboxylic acid groups (broad SMARTS) is 1. The molecule has 12 heteroatoms. The van der Waals surface area contributed by atoms with Crippen LogP contribution in [0.1, 0.15) is 37.1 Å². The minimum atomic E-state index is -5.08. The van der Waals surface area contributed by atoms with Crippen molar-refractivity contribution in [3.63, 3.8) is 0 Å². The van der Waals surface area contributed by atoms with Crippen LogP contribution < -0.4 is 0 Å². The van der Waals surface area contributed by atoms with Gasteiger partial charge in [0.2, 0.25) is 15.9 Å². The summed E-state index contributed by atoms with van der Waals surface area (Å²) in [4.78, 5) is 28.4. The van der Waals surface area contributed by atoms with Crippen LogP contribution in [-0.4, -0.2) is 71.7 Å². The van der Waals surface area contributed by atoms with Crippen molar-refractivity contribution in [2.45, 2.75) is 45.3 Å². The number of rotatable bonds is 3. The lowest BCUT2D eigenvalue weighted by Crippen LogP contribution is -2.54. The summed E-state index contributed by atoms with van der Waals surface area (Å²) in [6, 6.07) is 5.87. The van der Waals surface area contributed by atoms with Crippen molar-refractivity contribution in [2.75, 3.05) is 25.9 Å². The molecule has 31 heavy (non-hydrogen) atoms. The Balaban J connectivity index is 0.000000423. The van der Waals surface area contributed by atoms with Crippen molar-refractivity contribution in [2.24, 2.45) is 5.41 Å². The standard InChI is InChI=1S/C17H25N3O3S.C2HF3O2/c1-14-5-3-6-15(18-14)13-19-10-4-7-17(16(19)21)8-11-20(12-9-17)24(2,22)23;3-2(4,5)1(6)7/h3,5-6H,4,7-13H2,1-2H3;(H,6,7). The molecule has 2 fully saturated rings. The first-order valence-electron chi connectivity index (χ1n) is 9.72. The molecule has 3 heterocycles. The lowest BCUT2D eigenvalue weighted by molar-refractivity contribution is -0.192. The van der Waals surface area contributed by atoms with Gasteiger partial charge in [0.15, 0.2) is 0 Å². The maximum atomic E-state index is 13.1. The van der Waals surface area contributed by atoms with Gasteiger partial charge in [0, 0.05) is 25.3 Å². The molecule has 0 unspecified atom stereocenters. The number of nitrogens with zero attached hydrogens (tertiary/aromatic N) is 3. The number of pyridine rings is 1. The molecule has 2 aliphatic heterocycles. The largest absolute Gasteiger partial charge is 0.490 e. The molecule has 0 aromatic carbocycles. The molecule has 1 aromatic rings. The fourth-order valence-corrected chi connectivity index (χ4v) is 4.74. The van der Waals surface area contributed by atoms with Gasteiger partial charge in [-0.25, -0.2) is 17.5 Å². The fraction of sp³-hybridized carbons (Fsp3) is 0.632. The van der Waals surface area contributed by atoms with E-state index in [1.807, 2.05) is 30.0 Å².